The monoisotopic (exact) mass is 290 g/mol. The van der Waals surface area contributed by atoms with Gasteiger partial charge >= 0.3 is 6.03 Å². The third-order valence-corrected chi connectivity index (χ3v) is 4.74. The molecule has 104 valence electrons. The van der Waals surface area contributed by atoms with Crippen molar-refractivity contribution in [1.29, 1.82) is 0 Å². The Bertz CT molecular complexity index is 555. The molecule has 3 rings (SSSR count). The summed E-state index contributed by atoms with van der Waals surface area (Å²) in [6, 6.07) is 8.17. The van der Waals surface area contributed by atoms with Crippen LogP contribution in [0.5, 0.6) is 0 Å². The van der Waals surface area contributed by atoms with Crippen LogP contribution in [0, 0.1) is 0 Å². The molecule has 2 atom stereocenters. The van der Waals surface area contributed by atoms with E-state index in [9.17, 15) is 14.4 Å². The van der Waals surface area contributed by atoms with E-state index in [1.165, 1.54) is 4.90 Å². The van der Waals surface area contributed by atoms with Gasteiger partial charge in [-0.3, -0.25) is 19.8 Å². The number of imide groups is 2. The topological polar surface area (TPSA) is 66.5 Å². The fourth-order valence-electron chi connectivity index (χ4n) is 2.60. The lowest BCUT2D eigenvalue weighted by molar-refractivity contribution is -0.139. The van der Waals surface area contributed by atoms with Crippen LogP contribution in [-0.4, -0.2) is 40.3 Å². The smallest absolute Gasteiger partial charge is 0.277 e. The minimum atomic E-state index is -0.917. The van der Waals surface area contributed by atoms with E-state index in [1.54, 1.807) is 36.0 Å². The van der Waals surface area contributed by atoms with Crippen molar-refractivity contribution in [3.05, 3.63) is 35.9 Å². The van der Waals surface area contributed by atoms with Gasteiger partial charge in [-0.25, -0.2) is 4.79 Å². The predicted octanol–water partition coefficient (Wildman–Crippen LogP) is 1.35. The number of carbonyl (C=O) groups excluding carboxylic acids is 3. The molecule has 2 aliphatic heterocycles. The Kier molecular flexibility index (Phi) is 3.48. The maximum Gasteiger partial charge on any atom is 0.331 e. The number of carbonyl (C=O) groups is 3. The zero-order valence-corrected chi connectivity index (χ0v) is 11.6. The summed E-state index contributed by atoms with van der Waals surface area (Å²) in [5.41, 5.74) is 0.623. The Balaban J connectivity index is 1.92. The lowest BCUT2D eigenvalue weighted by Gasteiger charge is -2.33. The number of hydrogen-bond acceptors (Lipinski definition) is 4. The van der Waals surface area contributed by atoms with E-state index in [2.05, 4.69) is 5.32 Å². The molecule has 2 aliphatic rings. The van der Waals surface area contributed by atoms with Gasteiger partial charge in [0.05, 0.1) is 6.04 Å². The number of urea groups is 1. The van der Waals surface area contributed by atoms with E-state index >= 15 is 0 Å². The Morgan fingerprint density at radius 2 is 1.90 bits per heavy atom. The van der Waals surface area contributed by atoms with Crippen LogP contribution < -0.4 is 5.32 Å². The Labute approximate surface area is 120 Å². The van der Waals surface area contributed by atoms with Crippen LogP contribution in [-0.2, 0) is 9.59 Å². The molecular formula is C14H14N2O3S. The molecule has 0 aliphatic carbocycles. The van der Waals surface area contributed by atoms with E-state index in [0.717, 1.165) is 17.9 Å². The van der Waals surface area contributed by atoms with E-state index < -0.39 is 23.8 Å². The second kappa shape index (κ2) is 5.28. The summed E-state index contributed by atoms with van der Waals surface area (Å²) >= 11 is 1.72. The fraction of sp³-hybridized carbons (Fsp3) is 0.357. The maximum absolute atomic E-state index is 12.6. The molecule has 20 heavy (non-hydrogen) atoms. The van der Waals surface area contributed by atoms with Crippen molar-refractivity contribution in [3.63, 3.8) is 0 Å². The second-order valence-electron chi connectivity index (χ2n) is 4.86. The molecule has 1 N–H and O–H groups in total. The first-order chi connectivity index (χ1) is 9.68. The molecule has 0 spiro atoms. The molecule has 0 bridgehead atoms. The van der Waals surface area contributed by atoms with Crippen LogP contribution >= 0.6 is 11.8 Å². The van der Waals surface area contributed by atoms with Crippen molar-refractivity contribution < 1.29 is 14.4 Å². The van der Waals surface area contributed by atoms with Crippen LogP contribution in [0.25, 0.3) is 0 Å². The summed E-state index contributed by atoms with van der Waals surface area (Å²) in [4.78, 5) is 37.7. The summed E-state index contributed by atoms with van der Waals surface area (Å²) in [5, 5.41) is 2.30. The summed E-state index contributed by atoms with van der Waals surface area (Å²) in [6.45, 7) is 0. The van der Waals surface area contributed by atoms with Gasteiger partial charge in [-0.1, -0.05) is 30.3 Å². The molecule has 0 saturated carbocycles. The van der Waals surface area contributed by atoms with Crippen LogP contribution in [0.15, 0.2) is 30.3 Å². The number of amides is 4. The van der Waals surface area contributed by atoms with Gasteiger partial charge in [0.25, 0.3) is 0 Å². The second-order valence-corrected chi connectivity index (χ2v) is 6.01. The zero-order chi connectivity index (χ0) is 14.1. The number of nitrogens with one attached hydrogen (secondary N) is 1. The first-order valence-electron chi connectivity index (χ1n) is 6.49. The molecule has 2 saturated heterocycles. The van der Waals surface area contributed by atoms with Gasteiger partial charge in [-0.15, -0.1) is 0 Å². The maximum atomic E-state index is 12.6. The van der Waals surface area contributed by atoms with Gasteiger partial charge in [0, 0.05) is 5.75 Å². The Hall–Kier alpha value is -1.82. The first kappa shape index (κ1) is 13.2. The van der Waals surface area contributed by atoms with Crippen molar-refractivity contribution in [3.8, 4) is 0 Å². The molecule has 5 nitrogen and oxygen atoms in total. The van der Waals surface area contributed by atoms with Gasteiger partial charge < -0.3 is 0 Å². The van der Waals surface area contributed by atoms with E-state index in [4.69, 9.17) is 0 Å². The number of hydrogen-bond donors (Lipinski definition) is 1. The van der Waals surface area contributed by atoms with Crippen molar-refractivity contribution >= 4 is 29.6 Å². The highest BCUT2D eigenvalue weighted by Crippen LogP contribution is 2.29. The van der Waals surface area contributed by atoms with Gasteiger partial charge in [0.15, 0.2) is 0 Å². The molecular weight excluding hydrogens is 276 g/mol. The van der Waals surface area contributed by atoms with E-state index in [-0.39, 0.29) is 6.04 Å². The van der Waals surface area contributed by atoms with E-state index in [1.807, 2.05) is 6.07 Å². The third-order valence-electron chi connectivity index (χ3n) is 3.60. The molecule has 0 radical (unpaired) electrons. The molecule has 1 aromatic rings. The number of rotatable bonds is 2. The average molecular weight is 290 g/mol. The van der Waals surface area contributed by atoms with Crippen LogP contribution in [0.1, 0.15) is 17.9 Å². The standard InChI is InChI=1S/C14H14N2O3S/c17-12-11(9-4-2-1-3-5-9)13(18)16(14(19)15-12)10-6-7-20-8-10/h1-5,10-11H,6-8H2,(H,15,17,19). The lowest BCUT2D eigenvalue weighted by atomic mass is 9.94. The van der Waals surface area contributed by atoms with Crippen molar-refractivity contribution in [2.45, 2.75) is 18.4 Å². The molecule has 2 heterocycles. The van der Waals surface area contributed by atoms with Crippen LogP contribution in [0.2, 0.25) is 0 Å². The van der Waals surface area contributed by atoms with Gasteiger partial charge in [-0.2, -0.15) is 11.8 Å². The van der Waals surface area contributed by atoms with Gasteiger partial charge in [0.2, 0.25) is 11.8 Å². The highest BCUT2D eigenvalue weighted by molar-refractivity contribution is 7.99. The largest absolute Gasteiger partial charge is 0.331 e. The van der Waals surface area contributed by atoms with Gasteiger partial charge in [0.1, 0.15) is 5.92 Å². The summed E-state index contributed by atoms with van der Waals surface area (Å²) in [5.74, 6) is -0.175. The normalized spacial score (nSPS) is 26.8. The van der Waals surface area contributed by atoms with Crippen LogP contribution in [0.4, 0.5) is 4.79 Å². The molecule has 0 aromatic heterocycles. The number of nitrogens with zero attached hydrogens (tertiary/aromatic N) is 1. The van der Waals surface area contributed by atoms with Crippen LogP contribution in [0.3, 0.4) is 0 Å². The van der Waals surface area contributed by atoms with Gasteiger partial charge in [-0.05, 0) is 17.7 Å². The third kappa shape index (κ3) is 2.20. The molecule has 6 heteroatoms. The number of benzene rings is 1. The van der Waals surface area contributed by atoms with Crippen molar-refractivity contribution in [2.24, 2.45) is 0 Å². The highest BCUT2D eigenvalue weighted by atomic mass is 32.2. The number of barbiturate groups is 1. The molecule has 4 amide bonds. The summed E-state index contributed by atoms with van der Waals surface area (Å²) < 4.78 is 0. The first-order valence-corrected chi connectivity index (χ1v) is 7.64. The summed E-state index contributed by atoms with van der Waals surface area (Å²) in [7, 11) is 0. The number of thioether (sulfide) groups is 1. The highest BCUT2D eigenvalue weighted by Gasteiger charge is 2.44. The van der Waals surface area contributed by atoms with Crippen molar-refractivity contribution in [1.82, 2.24) is 10.2 Å². The average Bonchev–Trinajstić information content (AvgIpc) is 2.93. The lowest BCUT2D eigenvalue weighted by Crippen LogP contribution is -2.60. The predicted molar refractivity (Wildman–Crippen MR) is 75.3 cm³/mol. The fourth-order valence-corrected chi connectivity index (χ4v) is 3.79. The molecule has 1 aromatic carbocycles. The Morgan fingerprint density at radius 3 is 2.55 bits per heavy atom. The SMILES string of the molecule is O=C1NC(=O)N(C2CCSC2)C(=O)C1c1ccccc1. The quantitative estimate of drug-likeness (QED) is 0.835. The summed E-state index contributed by atoms with van der Waals surface area (Å²) in [6.07, 6.45) is 0.791. The minimum absolute atomic E-state index is 0.105. The van der Waals surface area contributed by atoms with E-state index in [0.29, 0.717) is 5.56 Å². The molecule has 2 unspecified atom stereocenters. The zero-order valence-electron chi connectivity index (χ0n) is 10.7. The molecule has 2 fully saturated rings. The minimum Gasteiger partial charge on any atom is -0.277 e. The Morgan fingerprint density at radius 1 is 1.15 bits per heavy atom. The van der Waals surface area contributed by atoms with Crippen molar-refractivity contribution in [2.75, 3.05) is 11.5 Å².